The number of ether oxygens (including phenoxy) is 2. The summed E-state index contributed by atoms with van der Waals surface area (Å²) in [5.74, 6) is 1.25. The minimum atomic E-state index is 0.136. The van der Waals surface area contributed by atoms with Crippen LogP contribution in [0.15, 0.2) is 29.3 Å². The normalized spacial score (nSPS) is 22.5. The number of hydrogen-bond donors (Lipinski definition) is 2. The van der Waals surface area contributed by atoms with Gasteiger partial charge in [0.2, 0.25) is 0 Å². The Morgan fingerprint density at radius 2 is 2.12 bits per heavy atom. The fourth-order valence-corrected chi connectivity index (χ4v) is 3.21. The first-order chi connectivity index (χ1) is 12.1. The molecule has 1 heterocycles. The molecule has 2 rings (SSSR count). The molecule has 1 aliphatic rings. The Labute approximate surface area is 152 Å². The lowest BCUT2D eigenvalue weighted by atomic mass is 9.89. The van der Waals surface area contributed by atoms with E-state index >= 15 is 0 Å². The molecule has 5 heteroatoms. The molecule has 3 unspecified atom stereocenters. The predicted octanol–water partition coefficient (Wildman–Crippen LogP) is 3.05. The largest absolute Gasteiger partial charge is 0.383 e. The maximum Gasteiger partial charge on any atom is 0.191 e. The molecular weight excluding hydrogens is 314 g/mol. The van der Waals surface area contributed by atoms with E-state index < -0.39 is 0 Å². The van der Waals surface area contributed by atoms with Gasteiger partial charge in [0.05, 0.1) is 12.7 Å². The zero-order valence-electron chi connectivity index (χ0n) is 16.0. The minimum Gasteiger partial charge on any atom is -0.383 e. The van der Waals surface area contributed by atoms with Crippen molar-refractivity contribution in [1.29, 1.82) is 0 Å². The number of hydrogen-bond acceptors (Lipinski definition) is 3. The maximum absolute atomic E-state index is 6.10. The van der Waals surface area contributed by atoms with Crippen LogP contribution < -0.4 is 10.6 Å². The van der Waals surface area contributed by atoms with E-state index in [9.17, 15) is 0 Å². The van der Waals surface area contributed by atoms with E-state index in [4.69, 9.17) is 14.5 Å². The van der Waals surface area contributed by atoms with Gasteiger partial charge in [-0.15, -0.1) is 0 Å². The van der Waals surface area contributed by atoms with E-state index in [1.165, 1.54) is 11.1 Å². The fraction of sp³-hybridized carbons (Fsp3) is 0.650. The van der Waals surface area contributed by atoms with Crippen LogP contribution >= 0.6 is 0 Å². The van der Waals surface area contributed by atoms with E-state index in [0.717, 1.165) is 38.5 Å². The van der Waals surface area contributed by atoms with Crippen LogP contribution in [-0.2, 0) is 9.47 Å². The highest BCUT2D eigenvalue weighted by atomic mass is 16.5. The fourth-order valence-electron chi connectivity index (χ4n) is 3.21. The summed E-state index contributed by atoms with van der Waals surface area (Å²) >= 11 is 0. The van der Waals surface area contributed by atoms with Crippen molar-refractivity contribution in [2.24, 2.45) is 10.9 Å². The Balaban J connectivity index is 2.04. The number of aryl methyl sites for hydroxylation is 1. The molecule has 3 atom stereocenters. The van der Waals surface area contributed by atoms with Gasteiger partial charge in [0.15, 0.2) is 5.96 Å². The first-order valence-corrected chi connectivity index (χ1v) is 9.36. The molecule has 0 amide bonds. The Hall–Kier alpha value is -1.59. The van der Waals surface area contributed by atoms with Crippen LogP contribution in [0.4, 0.5) is 0 Å². The third-order valence-corrected chi connectivity index (χ3v) is 4.48. The molecule has 0 saturated carbocycles. The first kappa shape index (κ1) is 19.7. The van der Waals surface area contributed by atoms with Gasteiger partial charge in [-0.05, 0) is 39.2 Å². The molecule has 0 spiro atoms. The lowest BCUT2D eigenvalue weighted by Crippen LogP contribution is -2.44. The summed E-state index contributed by atoms with van der Waals surface area (Å²) in [7, 11) is 1.72. The number of guanidine groups is 1. The zero-order chi connectivity index (χ0) is 18.1. The second-order valence-electron chi connectivity index (χ2n) is 6.82. The van der Waals surface area contributed by atoms with Gasteiger partial charge in [0, 0.05) is 38.8 Å². The van der Waals surface area contributed by atoms with Crippen LogP contribution in [0.3, 0.4) is 0 Å². The highest BCUT2D eigenvalue weighted by Crippen LogP contribution is 2.33. The number of rotatable bonds is 7. The van der Waals surface area contributed by atoms with Crippen molar-refractivity contribution in [3.63, 3.8) is 0 Å². The Bertz CT molecular complexity index is 530. The monoisotopic (exact) mass is 347 g/mol. The molecule has 0 aliphatic carbocycles. The highest BCUT2D eigenvalue weighted by Gasteiger charge is 2.27. The summed E-state index contributed by atoms with van der Waals surface area (Å²) in [4.78, 5) is 4.81. The van der Waals surface area contributed by atoms with Gasteiger partial charge in [-0.1, -0.05) is 29.8 Å². The van der Waals surface area contributed by atoms with Crippen molar-refractivity contribution in [3.05, 3.63) is 35.4 Å². The zero-order valence-corrected chi connectivity index (χ0v) is 16.0. The predicted molar refractivity (Wildman–Crippen MR) is 103 cm³/mol. The molecule has 0 radical (unpaired) electrons. The van der Waals surface area contributed by atoms with Crippen molar-refractivity contribution in [2.75, 3.05) is 33.4 Å². The number of benzene rings is 1. The van der Waals surface area contributed by atoms with Gasteiger partial charge >= 0.3 is 0 Å². The molecular formula is C20H33N3O2. The van der Waals surface area contributed by atoms with Gasteiger partial charge in [-0.2, -0.15) is 0 Å². The molecule has 5 nitrogen and oxygen atoms in total. The molecule has 2 N–H and O–H groups in total. The van der Waals surface area contributed by atoms with Crippen LogP contribution in [-0.4, -0.2) is 45.4 Å². The number of methoxy groups -OCH3 is 1. The number of aliphatic imine (C=N–C) groups is 1. The smallest absolute Gasteiger partial charge is 0.191 e. The van der Waals surface area contributed by atoms with E-state index in [1.807, 2.05) is 0 Å². The van der Waals surface area contributed by atoms with Crippen LogP contribution in [0.5, 0.6) is 0 Å². The molecule has 140 valence electrons. The maximum atomic E-state index is 6.10. The van der Waals surface area contributed by atoms with E-state index in [0.29, 0.717) is 12.5 Å². The molecule has 1 aromatic rings. The van der Waals surface area contributed by atoms with Gasteiger partial charge < -0.3 is 20.1 Å². The SMILES string of the molecule is CCNC(=NCC1CCCOC1c1ccc(C)cc1)NC(C)COC. The molecule has 1 aliphatic heterocycles. The summed E-state index contributed by atoms with van der Waals surface area (Å²) in [5, 5.41) is 6.71. The number of nitrogens with zero attached hydrogens (tertiary/aromatic N) is 1. The molecule has 1 fully saturated rings. The van der Waals surface area contributed by atoms with E-state index in [-0.39, 0.29) is 12.1 Å². The van der Waals surface area contributed by atoms with Crippen molar-refractivity contribution in [2.45, 2.75) is 45.8 Å². The quantitative estimate of drug-likeness (QED) is 0.588. The van der Waals surface area contributed by atoms with E-state index in [2.05, 4.69) is 55.7 Å². The molecule has 0 bridgehead atoms. The van der Waals surface area contributed by atoms with Gasteiger partial charge in [-0.3, -0.25) is 4.99 Å². The molecule has 0 aromatic heterocycles. The Morgan fingerprint density at radius 3 is 2.80 bits per heavy atom. The molecule has 1 aromatic carbocycles. The van der Waals surface area contributed by atoms with Crippen LogP contribution in [0.1, 0.15) is 43.9 Å². The average Bonchev–Trinajstić information content (AvgIpc) is 2.61. The van der Waals surface area contributed by atoms with Crippen molar-refractivity contribution in [3.8, 4) is 0 Å². The Morgan fingerprint density at radius 1 is 1.36 bits per heavy atom. The van der Waals surface area contributed by atoms with Crippen molar-refractivity contribution < 1.29 is 9.47 Å². The second kappa shape index (κ2) is 10.4. The van der Waals surface area contributed by atoms with E-state index in [1.54, 1.807) is 7.11 Å². The van der Waals surface area contributed by atoms with Crippen LogP contribution in [0, 0.1) is 12.8 Å². The minimum absolute atomic E-state index is 0.136. The summed E-state index contributed by atoms with van der Waals surface area (Å²) in [6.07, 6.45) is 2.39. The topological polar surface area (TPSA) is 54.9 Å². The second-order valence-corrected chi connectivity index (χ2v) is 6.82. The summed E-state index contributed by atoms with van der Waals surface area (Å²) in [6.45, 7) is 9.38. The van der Waals surface area contributed by atoms with Gasteiger partial charge in [-0.25, -0.2) is 0 Å². The third kappa shape index (κ3) is 6.33. The van der Waals surface area contributed by atoms with Crippen LogP contribution in [0.25, 0.3) is 0 Å². The van der Waals surface area contributed by atoms with Gasteiger partial charge in [0.25, 0.3) is 0 Å². The third-order valence-electron chi connectivity index (χ3n) is 4.48. The van der Waals surface area contributed by atoms with Crippen molar-refractivity contribution in [1.82, 2.24) is 10.6 Å². The highest BCUT2D eigenvalue weighted by molar-refractivity contribution is 5.80. The summed E-state index contributed by atoms with van der Waals surface area (Å²) in [6, 6.07) is 8.91. The summed E-state index contributed by atoms with van der Waals surface area (Å²) in [5.41, 5.74) is 2.54. The molecule has 25 heavy (non-hydrogen) atoms. The average molecular weight is 348 g/mol. The summed E-state index contributed by atoms with van der Waals surface area (Å²) < 4.78 is 11.3. The lowest BCUT2D eigenvalue weighted by Gasteiger charge is -2.31. The van der Waals surface area contributed by atoms with Crippen LogP contribution in [0.2, 0.25) is 0 Å². The lowest BCUT2D eigenvalue weighted by molar-refractivity contribution is -0.0250. The molecule has 1 saturated heterocycles. The van der Waals surface area contributed by atoms with Crippen molar-refractivity contribution >= 4 is 5.96 Å². The van der Waals surface area contributed by atoms with Gasteiger partial charge in [0.1, 0.15) is 0 Å². The number of nitrogens with one attached hydrogen (secondary N) is 2. The standard InChI is InChI=1S/C20H33N3O2/c1-5-21-20(23-16(3)14-24-4)22-13-18-7-6-12-25-19(18)17-10-8-15(2)9-11-17/h8-11,16,18-19H,5-7,12-14H2,1-4H3,(H2,21,22,23). The first-order valence-electron chi connectivity index (χ1n) is 9.36. The Kier molecular flexibility index (Phi) is 8.22.